The second-order valence-corrected chi connectivity index (χ2v) is 11.2. The van der Waals surface area contributed by atoms with Gasteiger partial charge in [-0.05, 0) is 31.0 Å². The van der Waals surface area contributed by atoms with Crippen LogP contribution in [0, 0.1) is 5.41 Å². The van der Waals surface area contributed by atoms with Gasteiger partial charge >= 0.3 is 5.97 Å². The van der Waals surface area contributed by atoms with Crippen LogP contribution in [0.3, 0.4) is 0 Å². The van der Waals surface area contributed by atoms with Crippen LogP contribution >= 0.6 is 11.6 Å². The number of hydrogen-bond donors (Lipinski definition) is 1. The normalized spacial score (nSPS) is 16.6. The quantitative estimate of drug-likeness (QED) is 0.430. The van der Waals surface area contributed by atoms with Gasteiger partial charge in [-0.1, -0.05) is 69.3 Å². The Kier molecular flexibility index (Phi) is 8.29. The molecule has 0 bridgehead atoms. The molecule has 33 heavy (non-hydrogen) atoms. The fraction of sp³-hybridized carbons (Fsp3) is 0.480. The Morgan fingerprint density at radius 1 is 1.12 bits per heavy atom. The number of ether oxygens (including phenoxy) is 1. The molecule has 0 aliphatic carbocycles. The van der Waals surface area contributed by atoms with Gasteiger partial charge in [0.2, 0.25) is 0 Å². The molecule has 0 saturated heterocycles. The van der Waals surface area contributed by atoms with E-state index in [-0.39, 0.29) is 21.4 Å². The molecule has 0 spiro atoms. The number of halogens is 1. The maximum absolute atomic E-state index is 13.8. The Morgan fingerprint density at radius 3 is 2.33 bits per heavy atom. The number of sulfone groups is 1. The third kappa shape index (κ3) is 6.01. The number of hydrogen-bond acceptors (Lipinski definition) is 5. The van der Waals surface area contributed by atoms with E-state index in [2.05, 4.69) is 18.7 Å². The molecular formula is C25H32ClNO5S. The van der Waals surface area contributed by atoms with Gasteiger partial charge in [-0.3, -0.25) is 0 Å². The molecule has 6 nitrogen and oxygen atoms in total. The highest BCUT2D eigenvalue weighted by Crippen LogP contribution is 2.47. The van der Waals surface area contributed by atoms with Crippen molar-refractivity contribution in [1.82, 2.24) is 0 Å². The summed E-state index contributed by atoms with van der Waals surface area (Å²) in [6.45, 7) is 4.20. The smallest absolute Gasteiger partial charge is 0.341 e. The van der Waals surface area contributed by atoms with E-state index in [9.17, 15) is 13.2 Å². The molecule has 8 heteroatoms. The van der Waals surface area contributed by atoms with E-state index in [0.29, 0.717) is 12.2 Å². The average molecular weight is 494 g/mol. The molecule has 0 saturated carbocycles. The highest BCUT2D eigenvalue weighted by Gasteiger charge is 2.42. The van der Waals surface area contributed by atoms with Crippen molar-refractivity contribution in [3.63, 3.8) is 0 Å². The summed E-state index contributed by atoms with van der Waals surface area (Å²) in [6, 6.07) is 12.7. The van der Waals surface area contributed by atoms with Crippen molar-refractivity contribution in [2.45, 2.75) is 57.3 Å². The van der Waals surface area contributed by atoms with E-state index in [1.165, 1.54) is 6.07 Å². The number of carboxylic acids is 1. The van der Waals surface area contributed by atoms with Gasteiger partial charge in [0.15, 0.2) is 16.4 Å². The van der Waals surface area contributed by atoms with Crippen LogP contribution in [-0.2, 0) is 14.6 Å². The molecule has 2 aromatic carbocycles. The van der Waals surface area contributed by atoms with Gasteiger partial charge in [0.1, 0.15) is 5.75 Å². The number of aliphatic carboxylic acids is 1. The van der Waals surface area contributed by atoms with E-state index in [4.69, 9.17) is 21.4 Å². The Hall–Kier alpha value is -2.25. The van der Waals surface area contributed by atoms with Crippen LogP contribution in [0.25, 0.3) is 0 Å². The average Bonchev–Trinajstić information content (AvgIpc) is 2.87. The lowest BCUT2D eigenvalue weighted by atomic mass is 9.79. The summed E-state index contributed by atoms with van der Waals surface area (Å²) < 4.78 is 32.9. The van der Waals surface area contributed by atoms with Crippen molar-refractivity contribution in [2.24, 2.45) is 5.41 Å². The van der Waals surface area contributed by atoms with Crippen LogP contribution < -0.4 is 9.64 Å². The standard InChI is InChI=1S/C25H32ClNO5S/c1-3-5-12-25(13-6-4-2)17-27(19-10-8-7-9-11-19)21-14-20(26)22(32-16-24(28)29)15-23(21)33(30,31)18-25/h7-11,14-15H,3-6,12-13,16-18H2,1-2H3,(H,28,29). The molecule has 0 fully saturated rings. The largest absolute Gasteiger partial charge is 0.480 e. The van der Waals surface area contributed by atoms with Crippen LogP contribution in [0.4, 0.5) is 11.4 Å². The molecule has 1 N–H and O–H groups in total. The zero-order valence-electron chi connectivity index (χ0n) is 19.2. The van der Waals surface area contributed by atoms with E-state index in [1.54, 1.807) is 6.07 Å². The molecule has 1 aliphatic heterocycles. The fourth-order valence-corrected chi connectivity index (χ4v) is 6.88. The first-order chi connectivity index (χ1) is 15.7. The Bertz CT molecular complexity index is 1060. The highest BCUT2D eigenvalue weighted by molar-refractivity contribution is 7.91. The lowest BCUT2D eigenvalue weighted by Crippen LogP contribution is -2.38. The van der Waals surface area contributed by atoms with Gasteiger partial charge < -0.3 is 14.7 Å². The SMILES string of the molecule is CCCCC1(CCCC)CN(c2ccccc2)c2cc(Cl)c(OCC(=O)O)cc2S(=O)(=O)C1. The minimum absolute atomic E-state index is 0.0380. The minimum Gasteiger partial charge on any atom is -0.480 e. The highest BCUT2D eigenvalue weighted by atomic mass is 35.5. The maximum atomic E-state index is 13.8. The van der Waals surface area contributed by atoms with Crippen molar-refractivity contribution < 1.29 is 23.1 Å². The third-order valence-electron chi connectivity index (χ3n) is 6.17. The third-order valence-corrected chi connectivity index (χ3v) is 8.45. The molecule has 0 atom stereocenters. The first-order valence-electron chi connectivity index (χ1n) is 11.4. The second kappa shape index (κ2) is 10.8. The number of para-hydroxylation sites is 1. The number of fused-ring (bicyclic) bond motifs is 1. The zero-order valence-corrected chi connectivity index (χ0v) is 20.8. The van der Waals surface area contributed by atoms with Gasteiger partial charge in [-0.2, -0.15) is 0 Å². The van der Waals surface area contributed by atoms with Crippen LogP contribution in [-0.4, -0.2) is 38.4 Å². The van der Waals surface area contributed by atoms with Crippen LogP contribution in [0.15, 0.2) is 47.4 Å². The fourth-order valence-electron chi connectivity index (χ4n) is 4.55. The first kappa shape index (κ1) is 25.4. The summed E-state index contributed by atoms with van der Waals surface area (Å²) in [6.07, 6.45) is 5.51. The Balaban J connectivity index is 2.20. The van der Waals surface area contributed by atoms with Gasteiger partial charge in [-0.25, -0.2) is 13.2 Å². The minimum atomic E-state index is -3.69. The molecule has 1 aliphatic rings. The number of benzene rings is 2. The maximum Gasteiger partial charge on any atom is 0.341 e. The molecule has 0 radical (unpaired) electrons. The van der Waals surface area contributed by atoms with Gasteiger partial charge in [0.25, 0.3) is 0 Å². The van der Waals surface area contributed by atoms with E-state index < -0.39 is 27.8 Å². The number of carboxylic acid groups (broad SMARTS) is 1. The summed E-state index contributed by atoms with van der Waals surface area (Å²) >= 11 is 6.44. The molecule has 0 aromatic heterocycles. The number of carbonyl (C=O) groups is 1. The van der Waals surface area contributed by atoms with Crippen LogP contribution in [0.2, 0.25) is 5.02 Å². The van der Waals surface area contributed by atoms with E-state index >= 15 is 0 Å². The number of nitrogens with zero attached hydrogens (tertiary/aromatic N) is 1. The van der Waals surface area contributed by atoms with Crippen molar-refractivity contribution in [2.75, 3.05) is 23.8 Å². The monoisotopic (exact) mass is 493 g/mol. The van der Waals surface area contributed by atoms with E-state index in [0.717, 1.165) is 44.2 Å². The Labute approximate surface area is 201 Å². The predicted molar refractivity (Wildman–Crippen MR) is 132 cm³/mol. The predicted octanol–water partition coefficient (Wildman–Crippen LogP) is 6.10. The van der Waals surface area contributed by atoms with Crippen LogP contribution in [0.1, 0.15) is 52.4 Å². The molecule has 0 unspecified atom stereocenters. The van der Waals surface area contributed by atoms with Crippen molar-refractivity contribution in [3.8, 4) is 5.75 Å². The molecular weight excluding hydrogens is 462 g/mol. The van der Waals surface area contributed by atoms with Gasteiger partial charge in [0.05, 0.1) is 21.4 Å². The molecule has 0 amide bonds. The lowest BCUT2D eigenvalue weighted by Gasteiger charge is -2.37. The van der Waals surface area contributed by atoms with Crippen LogP contribution in [0.5, 0.6) is 5.75 Å². The van der Waals surface area contributed by atoms with Crippen molar-refractivity contribution in [3.05, 3.63) is 47.5 Å². The van der Waals surface area contributed by atoms with Gasteiger partial charge in [-0.15, -0.1) is 0 Å². The van der Waals surface area contributed by atoms with Crippen molar-refractivity contribution >= 4 is 38.8 Å². The van der Waals surface area contributed by atoms with Gasteiger partial charge in [0, 0.05) is 23.7 Å². The molecule has 180 valence electrons. The number of anilines is 2. The molecule has 2 aromatic rings. The summed E-state index contributed by atoms with van der Waals surface area (Å²) in [4.78, 5) is 13.2. The summed E-state index contributed by atoms with van der Waals surface area (Å²) in [5, 5.41) is 9.16. The summed E-state index contributed by atoms with van der Waals surface area (Å²) in [5.41, 5.74) is 0.987. The summed E-state index contributed by atoms with van der Waals surface area (Å²) in [5.74, 6) is -1.06. The first-order valence-corrected chi connectivity index (χ1v) is 13.5. The Morgan fingerprint density at radius 2 is 1.76 bits per heavy atom. The molecule has 3 rings (SSSR count). The topological polar surface area (TPSA) is 83.9 Å². The zero-order chi connectivity index (χ0) is 24.1. The lowest BCUT2D eigenvalue weighted by molar-refractivity contribution is -0.139. The van der Waals surface area contributed by atoms with Crippen molar-refractivity contribution in [1.29, 1.82) is 0 Å². The number of unbranched alkanes of at least 4 members (excludes halogenated alkanes) is 2. The summed E-state index contributed by atoms with van der Waals surface area (Å²) in [7, 11) is -3.69. The number of rotatable bonds is 10. The molecule has 1 heterocycles. The second-order valence-electron chi connectivity index (χ2n) is 8.82. The van der Waals surface area contributed by atoms with E-state index in [1.807, 2.05) is 30.3 Å².